The highest BCUT2D eigenvalue weighted by molar-refractivity contribution is 6.00. The van der Waals surface area contributed by atoms with Crippen LogP contribution < -0.4 is 10.1 Å². The van der Waals surface area contributed by atoms with Crippen LogP contribution in [-0.4, -0.2) is 28.6 Å². The Morgan fingerprint density at radius 2 is 2.28 bits per heavy atom. The molecule has 1 aliphatic carbocycles. The number of rotatable bonds is 4. The van der Waals surface area contributed by atoms with E-state index in [0.29, 0.717) is 17.1 Å². The van der Waals surface area contributed by atoms with Gasteiger partial charge in [-0.3, -0.25) is 4.79 Å². The molecule has 25 heavy (non-hydrogen) atoms. The monoisotopic (exact) mass is 339 g/mol. The summed E-state index contributed by atoms with van der Waals surface area (Å²) >= 11 is 0. The molecule has 1 saturated carbocycles. The van der Waals surface area contributed by atoms with Gasteiger partial charge in [-0.2, -0.15) is 0 Å². The van der Waals surface area contributed by atoms with Crippen molar-refractivity contribution >= 4 is 16.9 Å². The Balaban J connectivity index is 1.61. The third-order valence-corrected chi connectivity index (χ3v) is 5.06. The number of benzene rings is 1. The molecule has 2 aromatic heterocycles. The van der Waals surface area contributed by atoms with Crippen molar-refractivity contribution in [1.82, 2.24) is 14.9 Å². The van der Waals surface area contributed by atoms with Gasteiger partial charge < -0.3 is 19.0 Å². The number of nitrogens with one attached hydrogen (secondary N) is 1. The van der Waals surface area contributed by atoms with Crippen LogP contribution in [0.15, 0.2) is 41.3 Å². The maximum atomic E-state index is 12.8. The summed E-state index contributed by atoms with van der Waals surface area (Å²) in [4.78, 5) is 17.0. The molecule has 4 rings (SSSR count). The number of nitrogens with zero attached hydrogens (tertiary/aromatic N) is 2. The Hall–Kier alpha value is -2.76. The molecule has 1 N–H and O–H groups in total. The van der Waals surface area contributed by atoms with Crippen molar-refractivity contribution in [2.45, 2.75) is 38.3 Å². The topological polar surface area (TPSA) is 69.3 Å². The Kier molecular flexibility index (Phi) is 3.95. The number of hydrogen-bond donors (Lipinski definition) is 1. The lowest BCUT2D eigenvalue weighted by atomic mass is 10.1. The molecule has 0 unspecified atom stereocenters. The number of methoxy groups -OCH3 is 1. The highest BCUT2D eigenvalue weighted by Gasteiger charge is 2.31. The smallest absolute Gasteiger partial charge is 0.287 e. The van der Waals surface area contributed by atoms with E-state index in [1.165, 1.54) is 0 Å². The van der Waals surface area contributed by atoms with Crippen LogP contribution in [0.2, 0.25) is 0 Å². The second kappa shape index (κ2) is 6.27. The molecule has 6 heteroatoms. The van der Waals surface area contributed by atoms with E-state index in [4.69, 9.17) is 9.15 Å². The molecular formula is C19H21N3O3. The second-order valence-corrected chi connectivity index (χ2v) is 6.48. The van der Waals surface area contributed by atoms with Crippen LogP contribution in [0.25, 0.3) is 11.0 Å². The van der Waals surface area contributed by atoms with Gasteiger partial charge in [0, 0.05) is 23.3 Å². The van der Waals surface area contributed by atoms with Crippen molar-refractivity contribution in [1.29, 1.82) is 0 Å². The van der Waals surface area contributed by atoms with Crippen LogP contribution >= 0.6 is 0 Å². The van der Waals surface area contributed by atoms with E-state index in [-0.39, 0.29) is 18.0 Å². The van der Waals surface area contributed by atoms with Gasteiger partial charge in [0.1, 0.15) is 0 Å². The predicted octanol–water partition coefficient (Wildman–Crippen LogP) is 3.47. The largest absolute Gasteiger partial charge is 0.493 e. The zero-order valence-electron chi connectivity index (χ0n) is 14.4. The Labute approximate surface area is 145 Å². The molecule has 1 fully saturated rings. The van der Waals surface area contributed by atoms with E-state index < -0.39 is 0 Å². The van der Waals surface area contributed by atoms with Gasteiger partial charge in [-0.15, -0.1) is 0 Å². The van der Waals surface area contributed by atoms with Gasteiger partial charge in [-0.05, 0) is 32.3 Å². The van der Waals surface area contributed by atoms with Gasteiger partial charge in [0.05, 0.1) is 25.5 Å². The molecule has 2 heterocycles. The highest BCUT2D eigenvalue weighted by Crippen LogP contribution is 2.33. The first-order chi connectivity index (χ1) is 12.2. The van der Waals surface area contributed by atoms with E-state index in [9.17, 15) is 4.79 Å². The van der Waals surface area contributed by atoms with Gasteiger partial charge in [-0.1, -0.05) is 12.1 Å². The van der Waals surface area contributed by atoms with E-state index in [0.717, 1.165) is 30.2 Å². The molecule has 0 aliphatic heterocycles. The molecule has 3 aromatic rings. The maximum Gasteiger partial charge on any atom is 0.287 e. The van der Waals surface area contributed by atoms with Crippen molar-refractivity contribution in [2.75, 3.05) is 7.11 Å². The molecule has 1 amide bonds. The number of fused-ring (bicyclic) bond motifs is 1. The number of hydrogen-bond acceptors (Lipinski definition) is 4. The Morgan fingerprint density at radius 3 is 3.04 bits per heavy atom. The van der Waals surface area contributed by atoms with Gasteiger partial charge in [0.15, 0.2) is 17.1 Å². The number of carbonyl (C=O) groups is 1. The van der Waals surface area contributed by atoms with Gasteiger partial charge >= 0.3 is 0 Å². The molecular weight excluding hydrogens is 318 g/mol. The minimum absolute atomic E-state index is 0.0798. The quantitative estimate of drug-likeness (QED) is 0.790. The van der Waals surface area contributed by atoms with Gasteiger partial charge in [0.2, 0.25) is 0 Å². The molecule has 1 aliphatic rings. The number of amides is 1. The lowest BCUT2D eigenvalue weighted by molar-refractivity contribution is 0.0902. The van der Waals surface area contributed by atoms with Crippen LogP contribution in [0, 0.1) is 6.92 Å². The van der Waals surface area contributed by atoms with Crippen molar-refractivity contribution in [3.63, 3.8) is 0 Å². The van der Waals surface area contributed by atoms with Crippen LogP contribution in [0.4, 0.5) is 0 Å². The summed E-state index contributed by atoms with van der Waals surface area (Å²) in [6, 6.07) is 6.00. The van der Waals surface area contributed by atoms with Crippen molar-refractivity contribution < 1.29 is 13.9 Å². The molecule has 0 bridgehead atoms. The second-order valence-electron chi connectivity index (χ2n) is 6.48. The Bertz CT molecular complexity index is 898. The van der Waals surface area contributed by atoms with E-state index in [1.807, 2.05) is 37.6 Å². The summed E-state index contributed by atoms with van der Waals surface area (Å²) in [6.45, 7) is 1.90. The Morgan fingerprint density at radius 1 is 1.40 bits per heavy atom. The SMILES string of the molecule is COc1cccc2c(C)c(C(=O)N[C@@H]3CCC[C@H]3n3ccnc3)oc12. The minimum Gasteiger partial charge on any atom is -0.493 e. The summed E-state index contributed by atoms with van der Waals surface area (Å²) < 4.78 is 13.3. The molecule has 0 saturated heterocycles. The summed E-state index contributed by atoms with van der Waals surface area (Å²) in [5.41, 5.74) is 1.45. The molecule has 1 aromatic carbocycles. The minimum atomic E-state index is -0.173. The van der Waals surface area contributed by atoms with E-state index in [1.54, 1.807) is 13.3 Å². The third kappa shape index (κ3) is 2.67. The maximum absolute atomic E-state index is 12.8. The standard InChI is InChI=1S/C19H21N3O3/c1-12-13-5-3-8-16(24-2)18(13)25-17(12)19(23)21-14-6-4-7-15(14)22-10-9-20-11-22/h3,5,8-11,14-15H,4,6-7H2,1-2H3,(H,21,23)/t14-,15-/m1/s1. The highest BCUT2D eigenvalue weighted by atomic mass is 16.5. The fourth-order valence-corrected chi connectivity index (χ4v) is 3.76. The summed E-state index contributed by atoms with van der Waals surface area (Å²) in [7, 11) is 1.60. The zero-order chi connectivity index (χ0) is 17.4. The molecule has 2 atom stereocenters. The number of imidazole rings is 1. The average Bonchev–Trinajstić information content (AvgIpc) is 3.34. The van der Waals surface area contributed by atoms with Crippen LogP contribution in [0.5, 0.6) is 5.75 Å². The lowest BCUT2D eigenvalue weighted by Gasteiger charge is -2.21. The zero-order valence-corrected chi connectivity index (χ0v) is 14.4. The lowest BCUT2D eigenvalue weighted by Crippen LogP contribution is -2.38. The van der Waals surface area contributed by atoms with Crippen LogP contribution in [-0.2, 0) is 0 Å². The first kappa shape index (κ1) is 15.7. The number of ether oxygens (including phenoxy) is 1. The summed E-state index contributed by atoms with van der Waals surface area (Å²) in [5, 5.41) is 4.06. The van der Waals surface area contributed by atoms with Crippen LogP contribution in [0.3, 0.4) is 0 Å². The first-order valence-electron chi connectivity index (χ1n) is 8.53. The van der Waals surface area contributed by atoms with Crippen molar-refractivity contribution in [2.24, 2.45) is 0 Å². The number of aryl methyl sites for hydroxylation is 1. The van der Waals surface area contributed by atoms with E-state index in [2.05, 4.69) is 14.9 Å². The number of para-hydroxylation sites is 1. The fourth-order valence-electron chi connectivity index (χ4n) is 3.76. The first-order valence-corrected chi connectivity index (χ1v) is 8.53. The van der Waals surface area contributed by atoms with Gasteiger partial charge in [0.25, 0.3) is 5.91 Å². The number of aromatic nitrogens is 2. The summed E-state index contributed by atoms with van der Waals surface area (Å²) in [5.74, 6) is 0.820. The fraction of sp³-hybridized carbons (Fsp3) is 0.368. The molecule has 0 radical (unpaired) electrons. The van der Waals surface area contributed by atoms with Gasteiger partial charge in [-0.25, -0.2) is 4.98 Å². The van der Waals surface area contributed by atoms with Crippen LogP contribution in [0.1, 0.15) is 41.4 Å². The molecule has 6 nitrogen and oxygen atoms in total. The van der Waals surface area contributed by atoms with Crippen molar-refractivity contribution in [3.8, 4) is 5.75 Å². The third-order valence-electron chi connectivity index (χ3n) is 5.06. The molecule has 0 spiro atoms. The normalized spacial score (nSPS) is 20.1. The number of carbonyl (C=O) groups excluding carboxylic acids is 1. The average molecular weight is 339 g/mol. The summed E-state index contributed by atoms with van der Waals surface area (Å²) in [6.07, 6.45) is 8.61. The van der Waals surface area contributed by atoms with Crippen molar-refractivity contribution in [3.05, 3.63) is 48.2 Å². The van der Waals surface area contributed by atoms with E-state index >= 15 is 0 Å². The molecule has 130 valence electrons. The number of furan rings is 1. The predicted molar refractivity (Wildman–Crippen MR) is 93.9 cm³/mol.